The van der Waals surface area contributed by atoms with Gasteiger partial charge in [-0.1, -0.05) is 37.1 Å². The van der Waals surface area contributed by atoms with E-state index in [1.54, 1.807) is 0 Å². The monoisotopic (exact) mass is 221 g/mol. The quantitative estimate of drug-likeness (QED) is 0.740. The van der Waals surface area contributed by atoms with Crippen molar-refractivity contribution in [3.05, 3.63) is 34.9 Å². The van der Waals surface area contributed by atoms with Gasteiger partial charge in [0.1, 0.15) is 0 Å². The summed E-state index contributed by atoms with van der Waals surface area (Å²) in [6.07, 6.45) is 2.15. The van der Waals surface area contributed by atoms with Crippen LogP contribution in [0, 0.1) is 17.2 Å². The Bertz CT molecular complexity index is 337. The van der Waals surface area contributed by atoms with Crippen LogP contribution in [-0.2, 0) is 0 Å². The Morgan fingerprint density at radius 3 is 2.40 bits per heavy atom. The maximum absolute atomic E-state index is 8.97. The van der Waals surface area contributed by atoms with E-state index in [1.165, 1.54) is 5.56 Å². The molecule has 2 atom stereocenters. The molecule has 15 heavy (non-hydrogen) atoms. The first kappa shape index (κ1) is 12.1. The summed E-state index contributed by atoms with van der Waals surface area (Å²) in [4.78, 5) is 0. The highest BCUT2D eigenvalue weighted by Gasteiger charge is 2.17. The lowest BCUT2D eigenvalue weighted by Gasteiger charge is -2.18. The molecule has 80 valence electrons. The highest BCUT2D eigenvalue weighted by atomic mass is 35.5. The first-order chi connectivity index (χ1) is 7.19. The lowest BCUT2D eigenvalue weighted by molar-refractivity contribution is 0.512. The normalized spacial score (nSPS) is 14.3. The molecule has 0 aromatic heterocycles. The lowest BCUT2D eigenvalue weighted by atomic mass is 9.85. The Labute approximate surface area is 96.7 Å². The van der Waals surface area contributed by atoms with Crippen LogP contribution in [0.2, 0.25) is 5.02 Å². The third kappa shape index (κ3) is 3.25. The predicted molar refractivity (Wildman–Crippen MR) is 63.9 cm³/mol. The van der Waals surface area contributed by atoms with E-state index < -0.39 is 0 Å². The number of rotatable bonds is 4. The SMILES string of the molecule is CCCC(c1ccc(Cl)cc1)C(C)C#N. The third-order valence-electron chi connectivity index (χ3n) is 2.71. The molecule has 0 fully saturated rings. The zero-order chi connectivity index (χ0) is 11.3. The van der Waals surface area contributed by atoms with Gasteiger partial charge in [0.15, 0.2) is 0 Å². The van der Waals surface area contributed by atoms with Crippen LogP contribution in [0.1, 0.15) is 38.2 Å². The van der Waals surface area contributed by atoms with Crippen LogP contribution >= 0.6 is 11.6 Å². The van der Waals surface area contributed by atoms with Crippen molar-refractivity contribution in [1.29, 1.82) is 5.26 Å². The molecule has 0 aliphatic rings. The van der Waals surface area contributed by atoms with Gasteiger partial charge in [-0.3, -0.25) is 0 Å². The number of hydrogen-bond donors (Lipinski definition) is 0. The zero-order valence-electron chi connectivity index (χ0n) is 9.20. The second-order valence-electron chi connectivity index (χ2n) is 3.86. The van der Waals surface area contributed by atoms with E-state index >= 15 is 0 Å². The Morgan fingerprint density at radius 1 is 1.33 bits per heavy atom. The average molecular weight is 222 g/mol. The van der Waals surface area contributed by atoms with Crippen molar-refractivity contribution in [2.45, 2.75) is 32.6 Å². The van der Waals surface area contributed by atoms with Gasteiger partial charge in [-0.15, -0.1) is 0 Å². The van der Waals surface area contributed by atoms with Gasteiger partial charge in [0, 0.05) is 5.02 Å². The molecule has 0 aliphatic carbocycles. The second-order valence-corrected chi connectivity index (χ2v) is 4.30. The van der Waals surface area contributed by atoms with E-state index in [0.717, 1.165) is 17.9 Å². The van der Waals surface area contributed by atoms with Crippen LogP contribution in [0.25, 0.3) is 0 Å². The molecule has 0 radical (unpaired) electrons. The van der Waals surface area contributed by atoms with E-state index in [2.05, 4.69) is 13.0 Å². The molecule has 2 unspecified atom stereocenters. The van der Waals surface area contributed by atoms with Crippen LogP contribution < -0.4 is 0 Å². The molecule has 0 heterocycles. The molecule has 0 saturated heterocycles. The van der Waals surface area contributed by atoms with E-state index in [-0.39, 0.29) is 5.92 Å². The first-order valence-corrected chi connectivity index (χ1v) is 5.72. The summed E-state index contributed by atoms with van der Waals surface area (Å²) < 4.78 is 0. The summed E-state index contributed by atoms with van der Waals surface area (Å²) in [5.74, 6) is 0.392. The topological polar surface area (TPSA) is 23.8 Å². The first-order valence-electron chi connectivity index (χ1n) is 5.34. The van der Waals surface area contributed by atoms with Crippen molar-refractivity contribution < 1.29 is 0 Å². The molecule has 1 aromatic rings. The fourth-order valence-corrected chi connectivity index (χ4v) is 1.94. The van der Waals surface area contributed by atoms with Crippen LogP contribution in [0.15, 0.2) is 24.3 Å². The summed E-state index contributed by atoms with van der Waals surface area (Å²) in [5, 5.41) is 9.72. The second kappa shape index (κ2) is 5.78. The minimum absolute atomic E-state index is 0.0612. The van der Waals surface area contributed by atoms with Crippen LogP contribution in [0.5, 0.6) is 0 Å². The molecular weight excluding hydrogens is 206 g/mol. The molecule has 0 aliphatic heterocycles. The lowest BCUT2D eigenvalue weighted by Crippen LogP contribution is -2.07. The minimum atomic E-state index is 0.0612. The van der Waals surface area contributed by atoms with Gasteiger partial charge in [-0.05, 0) is 37.0 Å². The number of halogens is 1. The van der Waals surface area contributed by atoms with Crippen molar-refractivity contribution in [2.75, 3.05) is 0 Å². The van der Waals surface area contributed by atoms with Crippen molar-refractivity contribution in [1.82, 2.24) is 0 Å². The summed E-state index contributed by atoms with van der Waals surface area (Å²) in [5.41, 5.74) is 1.22. The Kier molecular flexibility index (Phi) is 4.65. The van der Waals surface area contributed by atoms with E-state index in [4.69, 9.17) is 16.9 Å². The van der Waals surface area contributed by atoms with E-state index in [1.807, 2.05) is 31.2 Å². The number of nitrogens with zero attached hydrogens (tertiary/aromatic N) is 1. The molecule has 0 amide bonds. The predicted octanol–water partition coefficient (Wildman–Crippen LogP) is 4.38. The van der Waals surface area contributed by atoms with Crippen LogP contribution in [-0.4, -0.2) is 0 Å². The smallest absolute Gasteiger partial charge is 0.0659 e. The molecule has 0 spiro atoms. The van der Waals surface area contributed by atoms with Crippen LogP contribution in [0.4, 0.5) is 0 Å². The Morgan fingerprint density at radius 2 is 1.93 bits per heavy atom. The summed E-state index contributed by atoms with van der Waals surface area (Å²) >= 11 is 5.84. The van der Waals surface area contributed by atoms with Gasteiger partial charge in [-0.25, -0.2) is 0 Å². The zero-order valence-corrected chi connectivity index (χ0v) is 9.96. The van der Waals surface area contributed by atoms with Gasteiger partial charge >= 0.3 is 0 Å². The molecule has 1 aromatic carbocycles. The Hall–Kier alpha value is -1.00. The number of hydrogen-bond acceptors (Lipinski definition) is 1. The van der Waals surface area contributed by atoms with Gasteiger partial charge in [0.2, 0.25) is 0 Å². The minimum Gasteiger partial charge on any atom is -0.198 e. The van der Waals surface area contributed by atoms with E-state index in [9.17, 15) is 0 Å². The summed E-state index contributed by atoms with van der Waals surface area (Å²) in [6.45, 7) is 4.13. The van der Waals surface area contributed by atoms with Gasteiger partial charge in [-0.2, -0.15) is 5.26 Å². The maximum atomic E-state index is 8.97. The van der Waals surface area contributed by atoms with Crippen molar-refractivity contribution >= 4 is 11.6 Å². The van der Waals surface area contributed by atoms with Crippen molar-refractivity contribution in [3.63, 3.8) is 0 Å². The Balaban J connectivity index is 2.89. The van der Waals surface area contributed by atoms with Crippen molar-refractivity contribution in [2.24, 2.45) is 5.92 Å². The summed E-state index contributed by atoms with van der Waals surface area (Å²) in [6, 6.07) is 10.2. The third-order valence-corrected chi connectivity index (χ3v) is 2.96. The highest BCUT2D eigenvalue weighted by Crippen LogP contribution is 2.29. The standard InChI is InChI=1S/C13H16ClN/c1-3-4-13(10(2)9-15)11-5-7-12(14)8-6-11/h5-8,10,13H,3-4H2,1-2H3. The van der Waals surface area contributed by atoms with Gasteiger partial charge in [0.05, 0.1) is 12.0 Å². The fourth-order valence-electron chi connectivity index (χ4n) is 1.82. The molecular formula is C13H16ClN. The molecule has 1 nitrogen and oxygen atoms in total. The van der Waals surface area contributed by atoms with E-state index in [0.29, 0.717) is 5.92 Å². The average Bonchev–Trinajstić information content (AvgIpc) is 2.26. The van der Waals surface area contributed by atoms with Crippen LogP contribution in [0.3, 0.4) is 0 Å². The molecule has 2 heteroatoms. The molecule has 0 N–H and O–H groups in total. The van der Waals surface area contributed by atoms with Gasteiger partial charge < -0.3 is 0 Å². The number of benzene rings is 1. The number of nitriles is 1. The maximum Gasteiger partial charge on any atom is 0.0659 e. The highest BCUT2D eigenvalue weighted by molar-refractivity contribution is 6.30. The van der Waals surface area contributed by atoms with Gasteiger partial charge in [0.25, 0.3) is 0 Å². The fraction of sp³-hybridized carbons (Fsp3) is 0.462. The van der Waals surface area contributed by atoms with Crippen molar-refractivity contribution in [3.8, 4) is 6.07 Å². The molecule has 0 bridgehead atoms. The largest absolute Gasteiger partial charge is 0.198 e. The molecule has 1 rings (SSSR count). The summed E-state index contributed by atoms with van der Waals surface area (Å²) in [7, 11) is 0. The molecule has 0 saturated carbocycles.